The Morgan fingerprint density at radius 1 is 0.650 bits per heavy atom. The van der Waals surface area contributed by atoms with Gasteiger partial charge in [-0.3, -0.25) is 9.98 Å². The molecule has 0 unspecified atom stereocenters. The number of hydrogen-bond acceptors (Lipinski definition) is 2. The molecule has 0 atom stereocenters. The largest absolute Gasteiger partial charge is 0.296 e. The van der Waals surface area contributed by atoms with Crippen LogP contribution >= 0.6 is 11.6 Å². The van der Waals surface area contributed by atoms with E-state index in [1.54, 1.807) is 14.1 Å². The van der Waals surface area contributed by atoms with E-state index in [0.717, 1.165) is 11.1 Å². The smallest absolute Gasteiger partial charge is 0.0281 e. The summed E-state index contributed by atoms with van der Waals surface area (Å²) < 4.78 is 0. The lowest BCUT2D eigenvalue weighted by atomic mass is 10.2. The highest BCUT2D eigenvalue weighted by molar-refractivity contribution is 6.15. The first kappa shape index (κ1) is 18.1. The number of hydrogen-bond donors (Lipinski definition) is 0. The van der Waals surface area contributed by atoms with Crippen LogP contribution in [0.3, 0.4) is 0 Å². The lowest BCUT2D eigenvalue weighted by molar-refractivity contribution is 1.46. The molecule has 0 saturated carbocycles. The van der Waals surface area contributed by atoms with Gasteiger partial charge in [0, 0.05) is 32.9 Å². The van der Waals surface area contributed by atoms with Crippen molar-refractivity contribution in [2.45, 2.75) is 0 Å². The van der Waals surface area contributed by atoms with Crippen LogP contribution in [-0.2, 0) is 0 Å². The molecule has 0 aliphatic rings. The first-order chi connectivity index (χ1) is 9.86. The highest BCUT2D eigenvalue weighted by atomic mass is 35.5. The molecule has 0 aromatic heterocycles. The van der Waals surface area contributed by atoms with Crippen molar-refractivity contribution in [2.24, 2.45) is 9.98 Å². The van der Waals surface area contributed by atoms with Gasteiger partial charge in [0.25, 0.3) is 0 Å². The van der Waals surface area contributed by atoms with E-state index in [9.17, 15) is 0 Å². The van der Waals surface area contributed by atoms with Gasteiger partial charge in [-0.05, 0) is 11.1 Å². The van der Waals surface area contributed by atoms with Gasteiger partial charge in [-0.1, -0.05) is 60.7 Å². The van der Waals surface area contributed by atoms with Crippen LogP contribution < -0.4 is 0 Å². The van der Waals surface area contributed by atoms with Crippen molar-refractivity contribution < 1.29 is 0 Å². The minimum atomic E-state index is 1.15. The molecule has 106 valence electrons. The second-order valence-corrected chi connectivity index (χ2v) is 3.60. The molecule has 0 bridgehead atoms. The van der Waals surface area contributed by atoms with Crippen LogP contribution in [0.2, 0.25) is 0 Å². The van der Waals surface area contributed by atoms with Crippen LogP contribution in [0.15, 0.2) is 70.6 Å². The van der Waals surface area contributed by atoms with Gasteiger partial charge in [-0.15, -0.1) is 11.6 Å². The standard InChI is InChI=1S/2C8H9N.CH3Cl/c2*1-9-7-8-5-3-2-4-6-8;1-2/h2*2-7H,1H3;1H3. The normalized spacial score (nSPS) is 9.60. The van der Waals surface area contributed by atoms with E-state index < -0.39 is 0 Å². The van der Waals surface area contributed by atoms with Crippen LogP contribution in [0.5, 0.6) is 0 Å². The first-order valence-corrected chi connectivity index (χ1v) is 6.94. The Morgan fingerprint density at radius 3 is 1.20 bits per heavy atom. The molecule has 2 nitrogen and oxygen atoms in total. The monoisotopic (exact) mass is 288 g/mol. The van der Waals surface area contributed by atoms with Crippen molar-refractivity contribution in [1.29, 1.82) is 0 Å². The van der Waals surface area contributed by atoms with Gasteiger partial charge < -0.3 is 0 Å². The fourth-order valence-electron chi connectivity index (χ4n) is 1.38. The molecule has 0 saturated heterocycles. The SMILES string of the molecule is CCl.CN=Cc1ccccc1.CN=Cc1ccccc1. The quantitative estimate of drug-likeness (QED) is 0.581. The van der Waals surface area contributed by atoms with Gasteiger partial charge in [-0.25, -0.2) is 0 Å². The van der Waals surface area contributed by atoms with Crippen molar-refractivity contribution in [2.75, 3.05) is 20.5 Å². The van der Waals surface area contributed by atoms with Gasteiger partial charge in [0.2, 0.25) is 0 Å². The molecule has 0 aliphatic carbocycles. The number of halogens is 1. The molecule has 0 heterocycles. The molecule has 20 heavy (non-hydrogen) atoms. The Balaban J connectivity index is 0.000000321. The zero-order valence-electron chi connectivity index (χ0n) is 12.2. The highest BCUT2D eigenvalue weighted by Gasteiger charge is 1.79. The van der Waals surface area contributed by atoms with Gasteiger partial charge in [-0.2, -0.15) is 0 Å². The molecule has 2 rings (SSSR count). The fourth-order valence-corrected chi connectivity index (χ4v) is 1.38. The molecule has 0 fully saturated rings. The summed E-state index contributed by atoms with van der Waals surface area (Å²) in [5.41, 5.74) is 2.31. The lowest BCUT2D eigenvalue weighted by Crippen LogP contribution is -1.75. The Labute approximate surface area is 126 Å². The third-order valence-corrected chi connectivity index (χ3v) is 2.16. The van der Waals surface area contributed by atoms with E-state index in [4.69, 9.17) is 0 Å². The van der Waals surface area contributed by atoms with E-state index in [1.165, 1.54) is 6.38 Å². The molecule has 0 radical (unpaired) electrons. The number of nitrogens with zero attached hydrogens (tertiary/aromatic N) is 2. The van der Waals surface area contributed by atoms with Gasteiger partial charge in [0.1, 0.15) is 0 Å². The van der Waals surface area contributed by atoms with Crippen molar-refractivity contribution in [1.82, 2.24) is 0 Å². The third kappa shape index (κ3) is 9.06. The summed E-state index contributed by atoms with van der Waals surface area (Å²) >= 11 is 4.64. The van der Waals surface area contributed by atoms with E-state index in [0.29, 0.717) is 0 Å². The summed E-state index contributed by atoms with van der Waals surface area (Å²) in [6, 6.07) is 20.1. The fraction of sp³-hybridized carbons (Fsp3) is 0.176. The highest BCUT2D eigenvalue weighted by Crippen LogP contribution is 1.93. The summed E-state index contributed by atoms with van der Waals surface area (Å²) in [6.45, 7) is 0. The Kier molecular flexibility index (Phi) is 12.2. The molecule has 3 heteroatoms. The molecular weight excluding hydrogens is 268 g/mol. The average molecular weight is 289 g/mol. The Morgan fingerprint density at radius 2 is 0.950 bits per heavy atom. The third-order valence-electron chi connectivity index (χ3n) is 2.16. The number of rotatable bonds is 2. The van der Waals surface area contributed by atoms with Crippen molar-refractivity contribution >= 4 is 24.0 Å². The van der Waals surface area contributed by atoms with Crippen LogP contribution in [0.1, 0.15) is 11.1 Å². The van der Waals surface area contributed by atoms with E-state index >= 15 is 0 Å². The molecule has 0 aliphatic heterocycles. The Hall–Kier alpha value is -1.93. The number of alkyl halides is 1. The van der Waals surface area contributed by atoms with Crippen molar-refractivity contribution in [3.05, 3.63) is 71.8 Å². The van der Waals surface area contributed by atoms with Crippen LogP contribution in [0.25, 0.3) is 0 Å². The second-order valence-electron chi connectivity index (χ2n) is 3.60. The van der Waals surface area contributed by atoms with Crippen LogP contribution in [0, 0.1) is 0 Å². The van der Waals surface area contributed by atoms with E-state index in [1.807, 2.05) is 73.1 Å². The first-order valence-electron chi connectivity index (χ1n) is 6.19. The number of aliphatic imine (C=N–C) groups is 2. The number of benzene rings is 2. The molecular formula is C17H21ClN2. The van der Waals surface area contributed by atoms with E-state index in [2.05, 4.69) is 21.6 Å². The zero-order valence-corrected chi connectivity index (χ0v) is 13.0. The predicted molar refractivity (Wildman–Crippen MR) is 91.7 cm³/mol. The van der Waals surface area contributed by atoms with E-state index in [-0.39, 0.29) is 0 Å². The van der Waals surface area contributed by atoms with Gasteiger partial charge >= 0.3 is 0 Å². The summed E-state index contributed by atoms with van der Waals surface area (Å²) in [5, 5.41) is 0. The molecule has 0 N–H and O–H groups in total. The maximum absolute atomic E-state index is 4.64. The van der Waals surface area contributed by atoms with Crippen molar-refractivity contribution in [3.63, 3.8) is 0 Å². The summed E-state index contributed by atoms with van der Waals surface area (Å²) in [7, 11) is 3.54. The maximum Gasteiger partial charge on any atom is 0.0281 e. The van der Waals surface area contributed by atoms with Crippen LogP contribution in [0.4, 0.5) is 0 Å². The minimum Gasteiger partial charge on any atom is -0.296 e. The lowest BCUT2D eigenvalue weighted by Gasteiger charge is -1.86. The molecule has 2 aromatic rings. The zero-order chi connectivity index (χ0) is 15.1. The topological polar surface area (TPSA) is 24.7 Å². The maximum atomic E-state index is 4.64. The second kappa shape index (κ2) is 13.5. The Bertz CT molecular complexity index is 431. The predicted octanol–water partition coefficient (Wildman–Crippen LogP) is 4.33. The molecule has 0 amide bonds. The molecule has 0 spiro atoms. The van der Waals surface area contributed by atoms with Crippen LogP contribution in [-0.4, -0.2) is 32.9 Å². The summed E-state index contributed by atoms with van der Waals surface area (Å²) in [5.74, 6) is 0. The molecule has 2 aromatic carbocycles. The average Bonchev–Trinajstić information content (AvgIpc) is 2.53. The van der Waals surface area contributed by atoms with Crippen molar-refractivity contribution in [3.8, 4) is 0 Å². The summed E-state index contributed by atoms with van der Waals surface area (Å²) in [4.78, 5) is 7.76. The minimum absolute atomic E-state index is 1.15. The van der Waals surface area contributed by atoms with Gasteiger partial charge in [0.05, 0.1) is 0 Å². The summed E-state index contributed by atoms with van der Waals surface area (Å²) in [6.07, 6.45) is 5.14. The van der Waals surface area contributed by atoms with Gasteiger partial charge in [0.15, 0.2) is 0 Å².